The minimum absolute atomic E-state index is 0.0676. The highest BCUT2D eigenvalue weighted by Crippen LogP contribution is 2.36. The van der Waals surface area contributed by atoms with Crippen LogP contribution in [0.2, 0.25) is 5.02 Å². The number of hydrogen-bond acceptors (Lipinski definition) is 3. The number of furan rings is 1. The summed E-state index contributed by atoms with van der Waals surface area (Å²) in [7, 11) is 0. The summed E-state index contributed by atoms with van der Waals surface area (Å²) in [5.74, 6) is 1.41. The lowest BCUT2D eigenvalue weighted by atomic mass is 9.76. The van der Waals surface area contributed by atoms with Crippen LogP contribution in [0.5, 0.6) is 0 Å². The van der Waals surface area contributed by atoms with Crippen molar-refractivity contribution in [1.82, 2.24) is 4.98 Å². The Balaban J connectivity index is 0.000000349. The molecule has 0 N–H and O–H groups in total. The van der Waals surface area contributed by atoms with Crippen LogP contribution in [-0.4, -0.2) is 10.8 Å². The van der Waals surface area contributed by atoms with Gasteiger partial charge in [0.2, 0.25) is 5.78 Å². The molecule has 0 saturated heterocycles. The number of carbonyl (C=O) groups excluding carboxylic acids is 1. The second-order valence-electron chi connectivity index (χ2n) is 13.5. The molecule has 1 aromatic carbocycles. The number of hydrogen-bond donors (Lipinski definition) is 0. The third kappa shape index (κ3) is 9.17. The summed E-state index contributed by atoms with van der Waals surface area (Å²) in [4.78, 5) is 16.9. The molecule has 0 aliphatic carbocycles. The number of aromatic nitrogens is 1. The molecular formula is C34H49ClFNO2. The Morgan fingerprint density at radius 3 is 2.15 bits per heavy atom. The summed E-state index contributed by atoms with van der Waals surface area (Å²) >= 11 is 5.79. The lowest BCUT2D eigenvalue weighted by Gasteiger charge is -2.29. The molecule has 2 unspecified atom stereocenters. The van der Waals surface area contributed by atoms with Crippen molar-refractivity contribution in [3.05, 3.63) is 52.5 Å². The Hall–Kier alpha value is -2.20. The topological polar surface area (TPSA) is 43.1 Å². The maximum Gasteiger partial charge on any atom is 0.200 e. The van der Waals surface area contributed by atoms with Crippen molar-refractivity contribution in [2.45, 2.75) is 107 Å². The smallest absolute Gasteiger partial charge is 0.200 e. The number of nitrogens with zero attached hydrogens (tertiary/aromatic N) is 1. The molecule has 0 spiro atoms. The molecule has 39 heavy (non-hydrogen) atoms. The van der Waals surface area contributed by atoms with Crippen LogP contribution in [0.1, 0.15) is 118 Å². The average molecular weight is 558 g/mol. The zero-order valence-corrected chi connectivity index (χ0v) is 26.7. The van der Waals surface area contributed by atoms with Gasteiger partial charge in [-0.25, -0.2) is 9.37 Å². The highest BCUT2D eigenvalue weighted by molar-refractivity contribution is 6.30. The van der Waals surface area contributed by atoms with Crippen molar-refractivity contribution in [3.63, 3.8) is 0 Å². The van der Waals surface area contributed by atoms with E-state index in [0.29, 0.717) is 33.5 Å². The number of fused-ring (bicyclic) bond motifs is 1. The van der Waals surface area contributed by atoms with E-state index in [0.717, 1.165) is 17.4 Å². The number of benzene rings is 1. The van der Waals surface area contributed by atoms with Crippen molar-refractivity contribution in [2.24, 2.45) is 23.2 Å². The van der Waals surface area contributed by atoms with Gasteiger partial charge in [-0.2, -0.15) is 0 Å². The zero-order valence-electron chi connectivity index (χ0n) is 26.0. The Labute approximate surface area is 240 Å². The fraction of sp³-hybridized carbons (Fsp3) is 0.588. The molecule has 3 nitrogen and oxygen atoms in total. The predicted octanol–water partition coefficient (Wildman–Crippen LogP) is 11.3. The second kappa shape index (κ2) is 13.4. The molecule has 5 heteroatoms. The first-order valence-corrected chi connectivity index (χ1v) is 14.8. The standard InChI is InChI=1S/C21H21ClFNO2.C13H28/c1-11(2)19(25)18-10-17-20(26-18)13(21(3,4)5)9-16(24-17)12-6-7-14(22)15(23)8-12;1-7-9-12(11(3)8-2)10-13(4,5)6/h6-11H,1-5H3;11-12H,7-10H2,1-6H3. The van der Waals surface area contributed by atoms with Gasteiger partial charge in [0.05, 0.1) is 10.7 Å². The molecule has 0 saturated carbocycles. The summed E-state index contributed by atoms with van der Waals surface area (Å²) in [5.41, 5.74) is 3.60. The van der Waals surface area contributed by atoms with Gasteiger partial charge in [0.25, 0.3) is 0 Å². The molecule has 3 rings (SSSR count). The molecular weight excluding hydrogens is 509 g/mol. The van der Waals surface area contributed by atoms with Gasteiger partial charge in [-0.3, -0.25) is 4.79 Å². The highest BCUT2D eigenvalue weighted by Gasteiger charge is 2.25. The Kier molecular flexibility index (Phi) is 11.4. The van der Waals surface area contributed by atoms with E-state index in [1.807, 2.05) is 19.9 Å². The highest BCUT2D eigenvalue weighted by atomic mass is 35.5. The van der Waals surface area contributed by atoms with Gasteiger partial charge in [-0.05, 0) is 47.3 Å². The van der Waals surface area contributed by atoms with Crippen LogP contribution in [0.3, 0.4) is 0 Å². The molecule has 216 valence electrons. The molecule has 0 bridgehead atoms. The van der Waals surface area contributed by atoms with Crippen LogP contribution in [0.4, 0.5) is 4.39 Å². The predicted molar refractivity (Wildman–Crippen MR) is 164 cm³/mol. The fourth-order valence-electron chi connectivity index (χ4n) is 4.87. The first-order valence-electron chi connectivity index (χ1n) is 14.4. The van der Waals surface area contributed by atoms with E-state index >= 15 is 0 Å². The van der Waals surface area contributed by atoms with E-state index in [2.05, 4.69) is 67.3 Å². The van der Waals surface area contributed by atoms with E-state index in [1.165, 1.54) is 37.8 Å². The first kappa shape index (κ1) is 33.0. The van der Waals surface area contributed by atoms with Crippen molar-refractivity contribution in [2.75, 3.05) is 0 Å². The summed E-state index contributed by atoms with van der Waals surface area (Å²) < 4.78 is 19.8. The zero-order chi connectivity index (χ0) is 29.7. The van der Waals surface area contributed by atoms with Gasteiger partial charge in [0.15, 0.2) is 11.3 Å². The minimum Gasteiger partial charge on any atom is -0.451 e. The van der Waals surface area contributed by atoms with Crippen molar-refractivity contribution < 1.29 is 13.6 Å². The van der Waals surface area contributed by atoms with E-state index < -0.39 is 5.82 Å². The van der Waals surface area contributed by atoms with Crippen LogP contribution in [0.15, 0.2) is 34.7 Å². The first-order chi connectivity index (χ1) is 18.0. The minimum atomic E-state index is -0.494. The number of pyridine rings is 1. The normalized spacial score (nSPS) is 13.8. The van der Waals surface area contributed by atoms with Crippen LogP contribution in [0.25, 0.3) is 22.4 Å². The molecule has 0 aliphatic rings. The molecule has 0 aliphatic heterocycles. The van der Waals surface area contributed by atoms with Gasteiger partial charge in [0.1, 0.15) is 11.3 Å². The summed E-state index contributed by atoms with van der Waals surface area (Å²) in [5, 5.41) is 0.0685. The van der Waals surface area contributed by atoms with Crippen LogP contribution >= 0.6 is 11.6 Å². The number of halogens is 2. The average Bonchev–Trinajstić information content (AvgIpc) is 3.26. The summed E-state index contributed by atoms with van der Waals surface area (Å²) in [6.07, 6.45) is 5.47. The van der Waals surface area contributed by atoms with E-state index in [1.54, 1.807) is 12.1 Å². The lowest BCUT2D eigenvalue weighted by molar-refractivity contribution is 0.0913. The quantitative estimate of drug-likeness (QED) is 0.259. The van der Waals surface area contributed by atoms with Crippen LogP contribution in [-0.2, 0) is 5.41 Å². The lowest BCUT2D eigenvalue weighted by Crippen LogP contribution is -2.19. The maximum atomic E-state index is 13.9. The summed E-state index contributed by atoms with van der Waals surface area (Å²) in [6, 6.07) is 8.16. The Bertz CT molecular complexity index is 1250. The number of carbonyl (C=O) groups is 1. The number of rotatable bonds is 8. The van der Waals surface area contributed by atoms with Crippen molar-refractivity contribution in [3.8, 4) is 11.3 Å². The third-order valence-electron chi connectivity index (χ3n) is 7.25. The van der Waals surface area contributed by atoms with Crippen LogP contribution in [0, 0.1) is 29.0 Å². The van der Waals surface area contributed by atoms with Gasteiger partial charge in [0, 0.05) is 23.1 Å². The molecule has 3 aromatic rings. The summed E-state index contributed by atoms with van der Waals surface area (Å²) in [6.45, 7) is 23.9. The Morgan fingerprint density at radius 1 is 1.03 bits per heavy atom. The van der Waals surface area contributed by atoms with Gasteiger partial charge in [-0.1, -0.05) is 113 Å². The molecule has 0 amide bonds. The molecule has 0 radical (unpaired) electrons. The fourth-order valence-corrected chi connectivity index (χ4v) is 4.98. The SMILES string of the molecule is CC(C)C(=O)c1cc2nc(-c3ccc(Cl)c(F)c3)cc(C(C)(C)C)c2o1.CCCC(CC(C)(C)C)C(C)CC. The van der Waals surface area contributed by atoms with E-state index in [4.69, 9.17) is 16.0 Å². The maximum absolute atomic E-state index is 13.9. The second-order valence-corrected chi connectivity index (χ2v) is 13.9. The Morgan fingerprint density at radius 2 is 1.67 bits per heavy atom. The van der Waals surface area contributed by atoms with Crippen molar-refractivity contribution in [1.29, 1.82) is 0 Å². The monoisotopic (exact) mass is 557 g/mol. The molecule has 2 atom stereocenters. The van der Waals surface area contributed by atoms with E-state index in [9.17, 15) is 9.18 Å². The van der Waals surface area contributed by atoms with Gasteiger partial charge < -0.3 is 4.42 Å². The van der Waals surface area contributed by atoms with Gasteiger partial charge >= 0.3 is 0 Å². The van der Waals surface area contributed by atoms with Gasteiger partial charge in [-0.15, -0.1) is 0 Å². The number of ketones is 1. The largest absolute Gasteiger partial charge is 0.451 e. The third-order valence-corrected chi connectivity index (χ3v) is 7.56. The number of Topliss-reactive ketones (excluding diaryl/α,β-unsaturated/α-hetero) is 1. The molecule has 0 fully saturated rings. The molecule has 2 aromatic heterocycles. The van der Waals surface area contributed by atoms with E-state index in [-0.39, 0.29) is 22.1 Å². The molecule has 2 heterocycles. The van der Waals surface area contributed by atoms with Crippen molar-refractivity contribution >= 4 is 28.5 Å². The van der Waals surface area contributed by atoms with Crippen LogP contribution < -0.4 is 0 Å².